The topological polar surface area (TPSA) is 105 Å². The molecule has 10 nitrogen and oxygen atoms in total. The molecule has 170 valence electrons. The first-order valence-electron chi connectivity index (χ1n) is 11.1. The van der Waals surface area contributed by atoms with Crippen molar-refractivity contribution in [2.24, 2.45) is 0 Å². The highest BCUT2D eigenvalue weighted by Crippen LogP contribution is 2.39. The fraction of sp³-hybridized carbons (Fsp3) is 0.364. The van der Waals surface area contributed by atoms with Crippen LogP contribution >= 0.6 is 0 Å². The third-order valence-electron chi connectivity index (χ3n) is 6.60. The molecular formula is C22H23N7O3S. The van der Waals surface area contributed by atoms with Gasteiger partial charge in [0.2, 0.25) is 15.9 Å². The van der Waals surface area contributed by atoms with Gasteiger partial charge in [-0.1, -0.05) is 0 Å². The molecule has 2 aromatic heterocycles. The molecule has 3 aliphatic heterocycles. The molecule has 0 unspecified atom stereocenters. The first-order valence-corrected chi connectivity index (χ1v) is 12.5. The molecule has 1 fully saturated rings. The number of anilines is 2. The molecule has 0 bridgehead atoms. The quantitative estimate of drug-likeness (QED) is 0.566. The van der Waals surface area contributed by atoms with Crippen molar-refractivity contribution in [3.05, 3.63) is 53.9 Å². The highest BCUT2D eigenvalue weighted by Gasteiger charge is 2.35. The molecule has 5 heterocycles. The maximum Gasteiger partial charge on any atom is 0.243 e. The van der Waals surface area contributed by atoms with Crippen LogP contribution in [0, 0.1) is 0 Å². The van der Waals surface area contributed by atoms with Crippen molar-refractivity contribution in [1.82, 2.24) is 24.3 Å². The van der Waals surface area contributed by atoms with Crippen LogP contribution in [-0.2, 0) is 27.7 Å². The number of carbonyl (C=O) groups is 1. The second-order valence-electron chi connectivity index (χ2n) is 8.48. The van der Waals surface area contributed by atoms with E-state index in [4.69, 9.17) is 0 Å². The molecular weight excluding hydrogens is 442 g/mol. The van der Waals surface area contributed by atoms with E-state index in [0.717, 1.165) is 22.6 Å². The van der Waals surface area contributed by atoms with Crippen LogP contribution in [0.5, 0.6) is 0 Å². The molecule has 6 rings (SSSR count). The van der Waals surface area contributed by atoms with E-state index in [-0.39, 0.29) is 5.91 Å². The van der Waals surface area contributed by atoms with Crippen molar-refractivity contribution >= 4 is 27.4 Å². The van der Waals surface area contributed by atoms with Crippen LogP contribution in [0.2, 0.25) is 0 Å². The molecule has 0 radical (unpaired) electrons. The summed E-state index contributed by atoms with van der Waals surface area (Å²) in [4.78, 5) is 16.3. The number of aromatic nitrogens is 4. The molecule has 0 atom stereocenters. The van der Waals surface area contributed by atoms with Crippen LogP contribution in [0.25, 0.3) is 5.82 Å². The van der Waals surface area contributed by atoms with Crippen LogP contribution in [0.3, 0.4) is 0 Å². The molecule has 3 aliphatic rings. The number of benzene rings is 1. The molecule has 33 heavy (non-hydrogen) atoms. The zero-order valence-corrected chi connectivity index (χ0v) is 18.8. The van der Waals surface area contributed by atoms with E-state index in [2.05, 4.69) is 15.3 Å². The van der Waals surface area contributed by atoms with E-state index < -0.39 is 10.0 Å². The van der Waals surface area contributed by atoms with Crippen molar-refractivity contribution in [2.45, 2.75) is 24.2 Å². The van der Waals surface area contributed by atoms with E-state index in [1.54, 1.807) is 33.5 Å². The van der Waals surface area contributed by atoms with Crippen LogP contribution in [0.1, 0.15) is 17.5 Å². The van der Waals surface area contributed by atoms with E-state index in [1.165, 1.54) is 0 Å². The Hall–Kier alpha value is -3.31. The van der Waals surface area contributed by atoms with Gasteiger partial charge in [0, 0.05) is 51.5 Å². The van der Waals surface area contributed by atoms with Crippen LogP contribution in [-0.4, -0.2) is 71.3 Å². The van der Waals surface area contributed by atoms with Gasteiger partial charge in [-0.25, -0.2) is 13.1 Å². The second-order valence-corrected chi connectivity index (χ2v) is 10.4. The number of carbonyl (C=O) groups excluding carboxylic acids is 1. The van der Waals surface area contributed by atoms with Crippen LogP contribution in [0.4, 0.5) is 11.5 Å². The Morgan fingerprint density at radius 1 is 0.848 bits per heavy atom. The maximum atomic E-state index is 13.4. The van der Waals surface area contributed by atoms with Crippen molar-refractivity contribution in [3.8, 4) is 5.82 Å². The van der Waals surface area contributed by atoms with Crippen molar-refractivity contribution in [2.75, 3.05) is 42.5 Å². The number of amides is 1. The average molecular weight is 466 g/mol. The second kappa shape index (κ2) is 7.63. The summed E-state index contributed by atoms with van der Waals surface area (Å²) in [7, 11) is -3.61. The Labute approximate surface area is 191 Å². The maximum absolute atomic E-state index is 13.4. The molecule has 1 saturated heterocycles. The van der Waals surface area contributed by atoms with Crippen molar-refractivity contribution in [3.63, 3.8) is 0 Å². The van der Waals surface area contributed by atoms with E-state index in [9.17, 15) is 13.2 Å². The minimum absolute atomic E-state index is 0.133. The standard InChI is InChI=1S/C22H23N7O3S/c30-21-5-2-16-14-18(15-17-6-9-28(21)22(16)17)33(31,32)27-12-10-26(11-13-27)19-3-4-20(25-24-19)29-8-1-7-23-29/h1,3-4,7-8,14-15H,2,5-6,9-13H2. The van der Waals surface area contributed by atoms with Gasteiger partial charge in [0.25, 0.3) is 0 Å². The van der Waals surface area contributed by atoms with E-state index in [1.807, 2.05) is 28.0 Å². The lowest BCUT2D eigenvalue weighted by Gasteiger charge is -2.34. The largest absolute Gasteiger partial charge is 0.352 e. The highest BCUT2D eigenvalue weighted by molar-refractivity contribution is 7.89. The SMILES string of the molecule is O=C1CCc2cc(S(=O)(=O)N3CCN(c4ccc(-n5cccn5)nn4)CC3)cc3c2N1CC3. The Kier molecular flexibility index (Phi) is 4.70. The normalized spacial score (nSPS) is 18.6. The first kappa shape index (κ1) is 20.3. The number of nitrogens with zero attached hydrogens (tertiary/aromatic N) is 7. The summed E-state index contributed by atoms with van der Waals surface area (Å²) in [5, 5.41) is 12.7. The van der Waals surface area contributed by atoms with Gasteiger partial charge in [0.15, 0.2) is 11.6 Å². The molecule has 3 aromatic rings. The monoisotopic (exact) mass is 465 g/mol. The summed E-state index contributed by atoms with van der Waals surface area (Å²) in [6.07, 6.45) is 5.23. The summed E-state index contributed by atoms with van der Waals surface area (Å²) in [5.74, 6) is 1.48. The third-order valence-corrected chi connectivity index (χ3v) is 8.48. The summed E-state index contributed by atoms with van der Waals surface area (Å²) in [6, 6.07) is 9.08. The predicted molar refractivity (Wildman–Crippen MR) is 121 cm³/mol. The molecule has 0 spiro atoms. The number of aryl methyl sites for hydroxylation is 1. The van der Waals surface area contributed by atoms with Gasteiger partial charge in [-0.3, -0.25) is 4.79 Å². The van der Waals surface area contributed by atoms with Gasteiger partial charge >= 0.3 is 0 Å². The van der Waals surface area contributed by atoms with Crippen molar-refractivity contribution < 1.29 is 13.2 Å². The predicted octanol–water partition coefficient (Wildman–Crippen LogP) is 1.01. The van der Waals surface area contributed by atoms with Gasteiger partial charge in [0.1, 0.15) is 0 Å². The highest BCUT2D eigenvalue weighted by atomic mass is 32.2. The molecule has 0 saturated carbocycles. The smallest absolute Gasteiger partial charge is 0.243 e. The van der Waals surface area contributed by atoms with E-state index in [0.29, 0.717) is 62.7 Å². The third kappa shape index (κ3) is 3.39. The summed E-state index contributed by atoms with van der Waals surface area (Å²) in [5.41, 5.74) is 2.87. The zero-order chi connectivity index (χ0) is 22.6. The Morgan fingerprint density at radius 2 is 1.58 bits per heavy atom. The first-order chi connectivity index (χ1) is 16.0. The Balaban J connectivity index is 1.18. The van der Waals surface area contributed by atoms with Gasteiger partial charge in [-0.2, -0.15) is 9.40 Å². The lowest BCUT2D eigenvalue weighted by molar-refractivity contribution is -0.118. The number of rotatable bonds is 4. The fourth-order valence-electron chi connectivity index (χ4n) is 4.89. The molecule has 11 heteroatoms. The molecule has 1 aromatic carbocycles. The summed E-state index contributed by atoms with van der Waals surface area (Å²) in [6.45, 7) is 2.47. The molecule has 1 amide bonds. The van der Waals surface area contributed by atoms with Crippen molar-refractivity contribution in [1.29, 1.82) is 0 Å². The van der Waals surface area contributed by atoms with Crippen LogP contribution < -0.4 is 9.80 Å². The lowest BCUT2D eigenvalue weighted by atomic mass is 10.00. The van der Waals surface area contributed by atoms with Gasteiger partial charge in [0.05, 0.1) is 10.6 Å². The number of hydrogen-bond donors (Lipinski definition) is 0. The van der Waals surface area contributed by atoms with E-state index >= 15 is 0 Å². The average Bonchev–Trinajstić information content (AvgIpc) is 3.53. The number of hydrogen-bond acceptors (Lipinski definition) is 7. The fourth-order valence-corrected chi connectivity index (χ4v) is 6.42. The molecule has 0 aliphatic carbocycles. The summed E-state index contributed by atoms with van der Waals surface area (Å²) >= 11 is 0. The van der Waals surface area contributed by atoms with Gasteiger partial charge in [-0.05, 0) is 54.3 Å². The zero-order valence-electron chi connectivity index (χ0n) is 18.0. The van der Waals surface area contributed by atoms with Gasteiger partial charge in [-0.15, -0.1) is 10.2 Å². The Bertz CT molecular complexity index is 1310. The summed E-state index contributed by atoms with van der Waals surface area (Å²) < 4.78 is 30.0. The lowest BCUT2D eigenvalue weighted by Crippen LogP contribution is -2.49. The number of piperazine rings is 1. The van der Waals surface area contributed by atoms with Crippen LogP contribution in [0.15, 0.2) is 47.6 Å². The Morgan fingerprint density at radius 3 is 2.27 bits per heavy atom. The van der Waals surface area contributed by atoms with Gasteiger partial charge < -0.3 is 9.80 Å². The minimum Gasteiger partial charge on any atom is -0.352 e. The minimum atomic E-state index is -3.61. The molecule has 0 N–H and O–H groups in total. The number of sulfonamides is 1.